The van der Waals surface area contributed by atoms with Crippen LogP contribution in [0.4, 0.5) is 0 Å². The van der Waals surface area contributed by atoms with Crippen LogP contribution in [-0.2, 0) is 9.12 Å². The van der Waals surface area contributed by atoms with Gasteiger partial charge in [0.2, 0.25) is 0 Å². The summed E-state index contributed by atoms with van der Waals surface area (Å²) in [6.07, 6.45) is 0.519. The van der Waals surface area contributed by atoms with Gasteiger partial charge in [-0.25, -0.2) is 0 Å². The van der Waals surface area contributed by atoms with Crippen molar-refractivity contribution in [2.24, 2.45) is 0 Å². The van der Waals surface area contributed by atoms with Crippen LogP contribution in [-0.4, -0.2) is 11.1 Å². The third-order valence-corrected chi connectivity index (χ3v) is 3.69. The first kappa shape index (κ1) is 11.2. The van der Waals surface area contributed by atoms with E-state index in [0.29, 0.717) is 6.42 Å². The van der Waals surface area contributed by atoms with Gasteiger partial charge in [0.1, 0.15) is 4.32 Å². The lowest BCUT2D eigenvalue weighted by molar-refractivity contribution is -0.140. The summed E-state index contributed by atoms with van der Waals surface area (Å²) in [6.45, 7) is 3.83. The molecule has 2 nitrogen and oxygen atoms in total. The number of aliphatic carboxylic acids is 1. The summed E-state index contributed by atoms with van der Waals surface area (Å²) >= 11 is 3.28. The fourth-order valence-corrected chi connectivity index (χ4v) is 1.56. The van der Waals surface area contributed by atoms with Crippen LogP contribution in [0.3, 0.4) is 0 Å². The van der Waals surface area contributed by atoms with Gasteiger partial charge in [0.15, 0.2) is 0 Å². The van der Waals surface area contributed by atoms with E-state index in [4.69, 9.17) is 5.11 Å². The molecule has 0 aliphatic rings. The zero-order valence-corrected chi connectivity index (χ0v) is 9.84. The fourth-order valence-electron chi connectivity index (χ4n) is 1.30. The summed E-state index contributed by atoms with van der Waals surface area (Å²) in [6, 6.07) is 7.54. The van der Waals surface area contributed by atoms with Crippen molar-refractivity contribution in [2.45, 2.75) is 24.6 Å². The Morgan fingerprint density at radius 3 is 2.29 bits per heavy atom. The summed E-state index contributed by atoms with van der Waals surface area (Å²) in [5, 5.41) is 9.11. The maximum atomic E-state index is 11.1. The van der Waals surface area contributed by atoms with Crippen LogP contribution in [0.15, 0.2) is 24.3 Å². The molecule has 0 bridgehead atoms. The largest absolute Gasteiger partial charge is 0.480 e. The van der Waals surface area contributed by atoms with E-state index in [1.807, 2.05) is 38.1 Å². The molecule has 1 aromatic rings. The zero-order chi connectivity index (χ0) is 10.8. The van der Waals surface area contributed by atoms with Gasteiger partial charge in [-0.15, -0.1) is 0 Å². The van der Waals surface area contributed by atoms with Crippen molar-refractivity contribution in [1.82, 2.24) is 0 Å². The molecule has 0 saturated carbocycles. The summed E-state index contributed by atoms with van der Waals surface area (Å²) in [4.78, 5) is 11.1. The molecule has 0 aromatic heterocycles. The van der Waals surface area contributed by atoms with Crippen molar-refractivity contribution in [2.75, 3.05) is 0 Å². The molecule has 1 rings (SSSR count). The highest BCUT2D eigenvalue weighted by atomic mass is 79.9. The Balaban J connectivity index is 3.13. The molecule has 1 unspecified atom stereocenters. The van der Waals surface area contributed by atoms with Crippen LogP contribution >= 0.6 is 15.9 Å². The van der Waals surface area contributed by atoms with E-state index in [1.54, 1.807) is 0 Å². The Kier molecular flexibility index (Phi) is 3.32. The lowest BCUT2D eigenvalue weighted by atomic mass is 9.96. The number of halogens is 1. The summed E-state index contributed by atoms with van der Waals surface area (Å²) < 4.78 is -0.944. The van der Waals surface area contributed by atoms with Gasteiger partial charge in [-0.2, -0.15) is 0 Å². The second-order valence-electron chi connectivity index (χ2n) is 3.33. The van der Waals surface area contributed by atoms with E-state index < -0.39 is 10.3 Å². The summed E-state index contributed by atoms with van der Waals surface area (Å²) in [5.74, 6) is -0.844. The topological polar surface area (TPSA) is 37.3 Å². The number of carboxylic acids is 1. The minimum absolute atomic E-state index is 0.519. The molecule has 0 radical (unpaired) electrons. The second-order valence-corrected chi connectivity index (χ2v) is 4.68. The summed E-state index contributed by atoms with van der Waals surface area (Å²) in [7, 11) is 0. The van der Waals surface area contributed by atoms with E-state index in [0.717, 1.165) is 11.1 Å². The third kappa shape index (κ3) is 1.98. The molecule has 0 amide bonds. The van der Waals surface area contributed by atoms with Crippen LogP contribution in [0.2, 0.25) is 0 Å². The Morgan fingerprint density at radius 2 is 1.93 bits per heavy atom. The number of hydrogen-bond donors (Lipinski definition) is 1. The molecule has 0 fully saturated rings. The number of carboxylic acid groups (broad SMARTS) is 1. The Hall–Kier alpha value is -0.830. The average molecular weight is 257 g/mol. The maximum absolute atomic E-state index is 11.1. The summed E-state index contributed by atoms with van der Waals surface area (Å²) in [5.41, 5.74) is 1.92. The third-order valence-electron chi connectivity index (χ3n) is 2.34. The molecule has 14 heavy (non-hydrogen) atoms. The van der Waals surface area contributed by atoms with Crippen molar-refractivity contribution in [3.05, 3.63) is 35.4 Å². The smallest absolute Gasteiger partial charge is 0.324 e. The van der Waals surface area contributed by atoms with Gasteiger partial charge < -0.3 is 5.11 Å². The molecule has 0 heterocycles. The van der Waals surface area contributed by atoms with Gasteiger partial charge in [0.05, 0.1) is 0 Å². The van der Waals surface area contributed by atoms with E-state index in [-0.39, 0.29) is 0 Å². The van der Waals surface area contributed by atoms with Gasteiger partial charge in [-0.1, -0.05) is 52.7 Å². The zero-order valence-electron chi connectivity index (χ0n) is 8.25. The average Bonchev–Trinajstić information content (AvgIpc) is 2.17. The molecule has 1 atom stereocenters. The van der Waals surface area contributed by atoms with E-state index in [1.165, 1.54) is 0 Å². The Morgan fingerprint density at radius 1 is 1.43 bits per heavy atom. The minimum Gasteiger partial charge on any atom is -0.480 e. The monoisotopic (exact) mass is 256 g/mol. The molecule has 3 heteroatoms. The predicted octanol–water partition coefficient (Wildman–Crippen LogP) is 3.08. The molecule has 1 N–H and O–H groups in total. The fraction of sp³-hybridized carbons (Fsp3) is 0.364. The molecular formula is C11H13BrO2. The standard InChI is InChI=1S/C11H13BrO2/c1-3-11(12,10(13)14)9-6-4-8(2)5-7-9/h4-7H,3H2,1-2H3,(H,13,14). The minimum atomic E-state index is -0.944. The number of aryl methyl sites for hydroxylation is 1. The maximum Gasteiger partial charge on any atom is 0.324 e. The molecule has 0 spiro atoms. The number of benzene rings is 1. The van der Waals surface area contributed by atoms with Crippen LogP contribution in [0, 0.1) is 6.92 Å². The molecule has 76 valence electrons. The SMILES string of the molecule is CCC(Br)(C(=O)O)c1ccc(C)cc1. The van der Waals surface area contributed by atoms with Crippen LogP contribution in [0.5, 0.6) is 0 Å². The molecule has 0 aliphatic carbocycles. The Bertz CT molecular complexity index is 332. The van der Waals surface area contributed by atoms with Gasteiger partial charge >= 0.3 is 5.97 Å². The number of alkyl halides is 1. The Labute approximate surface area is 92.1 Å². The van der Waals surface area contributed by atoms with Gasteiger partial charge in [0, 0.05) is 0 Å². The van der Waals surface area contributed by atoms with Crippen LogP contribution in [0.25, 0.3) is 0 Å². The highest BCUT2D eigenvalue weighted by Gasteiger charge is 2.35. The van der Waals surface area contributed by atoms with E-state index in [9.17, 15) is 4.79 Å². The first-order valence-electron chi connectivity index (χ1n) is 4.50. The first-order valence-corrected chi connectivity index (χ1v) is 5.29. The molecule has 0 aliphatic heterocycles. The number of hydrogen-bond acceptors (Lipinski definition) is 1. The van der Waals surface area contributed by atoms with E-state index in [2.05, 4.69) is 15.9 Å². The molecule has 0 saturated heterocycles. The second kappa shape index (κ2) is 4.13. The lowest BCUT2D eigenvalue weighted by Gasteiger charge is -2.21. The van der Waals surface area contributed by atoms with Crippen molar-refractivity contribution in [1.29, 1.82) is 0 Å². The number of rotatable bonds is 3. The molecular weight excluding hydrogens is 244 g/mol. The van der Waals surface area contributed by atoms with Crippen LogP contribution in [0.1, 0.15) is 24.5 Å². The van der Waals surface area contributed by atoms with Gasteiger partial charge in [-0.3, -0.25) is 4.79 Å². The highest BCUT2D eigenvalue weighted by molar-refractivity contribution is 9.10. The quantitative estimate of drug-likeness (QED) is 0.845. The van der Waals surface area contributed by atoms with Crippen molar-refractivity contribution in [3.8, 4) is 0 Å². The van der Waals surface area contributed by atoms with Gasteiger partial charge in [0.25, 0.3) is 0 Å². The van der Waals surface area contributed by atoms with Gasteiger partial charge in [-0.05, 0) is 18.9 Å². The normalized spacial score (nSPS) is 14.8. The lowest BCUT2D eigenvalue weighted by Crippen LogP contribution is -2.27. The van der Waals surface area contributed by atoms with Crippen molar-refractivity contribution in [3.63, 3.8) is 0 Å². The van der Waals surface area contributed by atoms with Crippen molar-refractivity contribution < 1.29 is 9.90 Å². The number of carbonyl (C=O) groups is 1. The first-order chi connectivity index (χ1) is 6.50. The van der Waals surface area contributed by atoms with Crippen molar-refractivity contribution >= 4 is 21.9 Å². The van der Waals surface area contributed by atoms with E-state index >= 15 is 0 Å². The highest BCUT2D eigenvalue weighted by Crippen LogP contribution is 2.35. The predicted molar refractivity (Wildman–Crippen MR) is 59.7 cm³/mol. The molecule has 1 aromatic carbocycles. The van der Waals surface area contributed by atoms with Crippen LogP contribution < -0.4 is 0 Å².